The highest BCUT2D eigenvalue weighted by molar-refractivity contribution is 6.32. The van der Waals surface area contributed by atoms with Gasteiger partial charge in [-0.05, 0) is 30.3 Å². The highest BCUT2D eigenvalue weighted by Crippen LogP contribution is 2.29. The Morgan fingerprint density at radius 2 is 1.83 bits per heavy atom. The van der Waals surface area contributed by atoms with Crippen molar-refractivity contribution in [1.29, 1.82) is 0 Å². The molecule has 0 atom stereocenters. The zero-order chi connectivity index (χ0) is 16.7. The molecule has 23 heavy (non-hydrogen) atoms. The van der Waals surface area contributed by atoms with Gasteiger partial charge < -0.3 is 10.8 Å². The Labute approximate surface area is 140 Å². The van der Waals surface area contributed by atoms with Crippen LogP contribution in [0.1, 0.15) is 10.4 Å². The zero-order valence-electron chi connectivity index (χ0n) is 11.6. The minimum absolute atomic E-state index is 0.0996. The van der Waals surface area contributed by atoms with Crippen molar-refractivity contribution in [3.8, 4) is 5.69 Å². The number of aromatic carboxylic acids is 1. The Bertz CT molecular complexity index is 1010. The van der Waals surface area contributed by atoms with Gasteiger partial charge in [0.2, 0.25) is 0 Å². The van der Waals surface area contributed by atoms with Crippen LogP contribution in [0, 0.1) is 0 Å². The molecule has 0 saturated carbocycles. The second-order valence-corrected chi connectivity index (χ2v) is 5.69. The quantitative estimate of drug-likeness (QED) is 0.741. The van der Waals surface area contributed by atoms with Crippen LogP contribution in [-0.4, -0.2) is 15.6 Å². The molecule has 1 heterocycles. The molecule has 1 aromatic heterocycles. The van der Waals surface area contributed by atoms with Gasteiger partial charge in [0.1, 0.15) is 5.56 Å². The second kappa shape index (κ2) is 5.61. The van der Waals surface area contributed by atoms with Gasteiger partial charge in [-0.2, -0.15) is 0 Å². The van der Waals surface area contributed by atoms with E-state index in [0.29, 0.717) is 26.6 Å². The maximum Gasteiger partial charge on any atom is 0.343 e. The number of benzene rings is 2. The van der Waals surface area contributed by atoms with Crippen molar-refractivity contribution in [2.75, 3.05) is 5.73 Å². The summed E-state index contributed by atoms with van der Waals surface area (Å²) >= 11 is 12.2. The third-order valence-corrected chi connectivity index (χ3v) is 4.04. The summed E-state index contributed by atoms with van der Waals surface area (Å²) in [6, 6.07) is 11.3. The van der Waals surface area contributed by atoms with Crippen LogP contribution in [0.3, 0.4) is 0 Å². The van der Waals surface area contributed by atoms with Gasteiger partial charge in [-0.25, -0.2) is 4.79 Å². The monoisotopic (exact) mass is 348 g/mol. The average molecular weight is 349 g/mol. The Morgan fingerprint density at radius 3 is 2.48 bits per heavy atom. The largest absolute Gasteiger partial charge is 0.477 e. The fourth-order valence-corrected chi connectivity index (χ4v) is 2.85. The molecule has 0 spiro atoms. The zero-order valence-corrected chi connectivity index (χ0v) is 13.1. The lowest BCUT2D eigenvalue weighted by atomic mass is 10.1. The van der Waals surface area contributed by atoms with Crippen LogP contribution in [0.2, 0.25) is 10.0 Å². The molecular weight excluding hydrogens is 339 g/mol. The fraction of sp³-hybridized carbons (Fsp3) is 0. The molecule has 3 N–H and O–H groups in total. The minimum atomic E-state index is -1.40. The van der Waals surface area contributed by atoms with E-state index < -0.39 is 17.1 Å². The van der Waals surface area contributed by atoms with Crippen molar-refractivity contribution < 1.29 is 9.90 Å². The lowest BCUT2D eigenvalue weighted by Gasteiger charge is -2.15. The summed E-state index contributed by atoms with van der Waals surface area (Å²) in [6.45, 7) is 0. The number of para-hydroxylation sites is 1. The number of rotatable bonds is 2. The number of pyridine rings is 1. The number of anilines is 1. The molecule has 0 aliphatic rings. The molecule has 5 nitrogen and oxygen atoms in total. The van der Waals surface area contributed by atoms with Crippen LogP contribution in [0.15, 0.2) is 47.3 Å². The van der Waals surface area contributed by atoms with Crippen molar-refractivity contribution in [2.45, 2.75) is 0 Å². The number of nitrogens with zero attached hydrogens (tertiary/aromatic N) is 1. The first-order valence-corrected chi connectivity index (χ1v) is 7.29. The molecule has 3 aromatic rings. The Hall–Kier alpha value is -2.50. The summed E-state index contributed by atoms with van der Waals surface area (Å²) in [5.74, 6) is -1.40. The first kappa shape index (κ1) is 15.4. The van der Waals surface area contributed by atoms with Gasteiger partial charge in [0.25, 0.3) is 5.56 Å². The van der Waals surface area contributed by atoms with E-state index in [4.69, 9.17) is 28.9 Å². The minimum Gasteiger partial charge on any atom is -0.477 e. The van der Waals surface area contributed by atoms with Crippen LogP contribution in [-0.2, 0) is 0 Å². The highest BCUT2D eigenvalue weighted by Gasteiger charge is 2.21. The van der Waals surface area contributed by atoms with Crippen molar-refractivity contribution in [3.05, 3.63) is 68.4 Å². The lowest BCUT2D eigenvalue weighted by Crippen LogP contribution is -2.27. The van der Waals surface area contributed by atoms with E-state index >= 15 is 0 Å². The third kappa shape index (κ3) is 2.44. The number of halogens is 2. The fourth-order valence-electron chi connectivity index (χ4n) is 2.47. The maximum absolute atomic E-state index is 12.7. The molecule has 0 unspecified atom stereocenters. The molecule has 116 valence electrons. The summed E-state index contributed by atoms with van der Waals surface area (Å²) in [7, 11) is 0. The number of hydrogen-bond donors (Lipinski definition) is 2. The van der Waals surface area contributed by atoms with E-state index in [0.717, 1.165) is 0 Å². The summed E-state index contributed by atoms with van der Waals surface area (Å²) in [5, 5.41) is 10.4. The molecule has 0 amide bonds. The molecular formula is C16H10Cl2N2O3. The van der Waals surface area contributed by atoms with Gasteiger partial charge in [-0.15, -0.1) is 0 Å². The van der Waals surface area contributed by atoms with Crippen molar-refractivity contribution in [3.63, 3.8) is 0 Å². The third-order valence-electron chi connectivity index (χ3n) is 3.48. The van der Waals surface area contributed by atoms with E-state index in [2.05, 4.69) is 0 Å². The lowest BCUT2D eigenvalue weighted by molar-refractivity contribution is 0.0696. The number of hydrogen-bond acceptors (Lipinski definition) is 3. The molecule has 3 rings (SSSR count). The molecule has 0 fully saturated rings. The van der Waals surface area contributed by atoms with Crippen molar-refractivity contribution in [2.24, 2.45) is 0 Å². The molecule has 7 heteroatoms. The van der Waals surface area contributed by atoms with Crippen molar-refractivity contribution >= 4 is 45.8 Å². The Balaban J connectivity index is 2.59. The number of aromatic nitrogens is 1. The van der Waals surface area contributed by atoms with E-state index in [-0.39, 0.29) is 5.69 Å². The maximum atomic E-state index is 12.7. The topological polar surface area (TPSA) is 85.3 Å². The SMILES string of the molecule is Nc1c(C(=O)O)c(=O)n(-c2ccccc2Cl)c2cc(Cl)ccc12. The average Bonchev–Trinajstić information content (AvgIpc) is 2.48. The van der Waals surface area contributed by atoms with Gasteiger partial charge in [-0.1, -0.05) is 35.3 Å². The Kier molecular flexibility index (Phi) is 3.75. The van der Waals surface area contributed by atoms with Gasteiger partial charge in [0, 0.05) is 10.4 Å². The Morgan fingerprint density at radius 1 is 1.13 bits per heavy atom. The van der Waals surface area contributed by atoms with Crippen LogP contribution >= 0.6 is 23.2 Å². The normalized spacial score (nSPS) is 10.9. The molecule has 0 bridgehead atoms. The van der Waals surface area contributed by atoms with Crippen LogP contribution in [0.4, 0.5) is 5.69 Å². The standard InChI is InChI=1S/C16H10Cl2N2O3/c17-8-5-6-9-12(7-8)20(11-4-2-1-3-10(11)18)15(21)13(14(9)19)16(22)23/h1-7H,19H2,(H,22,23). The first-order valence-electron chi connectivity index (χ1n) is 6.53. The number of nitrogens with two attached hydrogens (primary N) is 1. The molecule has 0 saturated heterocycles. The summed E-state index contributed by atoms with van der Waals surface area (Å²) in [6.07, 6.45) is 0. The summed E-state index contributed by atoms with van der Waals surface area (Å²) < 4.78 is 1.21. The van der Waals surface area contributed by atoms with Crippen LogP contribution < -0.4 is 11.3 Å². The van der Waals surface area contributed by atoms with E-state index in [1.807, 2.05) is 0 Å². The van der Waals surface area contributed by atoms with E-state index in [9.17, 15) is 14.7 Å². The molecule has 0 aliphatic heterocycles. The van der Waals surface area contributed by atoms with E-state index in [1.54, 1.807) is 42.5 Å². The molecule has 0 aliphatic carbocycles. The van der Waals surface area contributed by atoms with Crippen LogP contribution in [0.5, 0.6) is 0 Å². The number of carbonyl (C=O) groups is 1. The smallest absolute Gasteiger partial charge is 0.343 e. The van der Waals surface area contributed by atoms with Crippen LogP contribution in [0.25, 0.3) is 16.6 Å². The van der Waals surface area contributed by atoms with E-state index in [1.165, 1.54) is 4.57 Å². The summed E-state index contributed by atoms with van der Waals surface area (Å²) in [4.78, 5) is 24.2. The number of carboxylic acids is 1. The second-order valence-electron chi connectivity index (χ2n) is 4.85. The predicted molar refractivity (Wildman–Crippen MR) is 90.9 cm³/mol. The number of carboxylic acid groups (broad SMARTS) is 1. The highest BCUT2D eigenvalue weighted by atomic mass is 35.5. The number of nitrogen functional groups attached to an aromatic ring is 1. The van der Waals surface area contributed by atoms with Gasteiger partial charge in [-0.3, -0.25) is 9.36 Å². The molecule has 2 aromatic carbocycles. The summed E-state index contributed by atoms with van der Waals surface area (Å²) in [5.41, 5.74) is 5.26. The molecule has 0 radical (unpaired) electrons. The van der Waals surface area contributed by atoms with Gasteiger partial charge in [0.15, 0.2) is 0 Å². The predicted octanol–water partition coefficient (Wildman–Crippen LogP) is 3.58. The van der Waals surface area contributed by atoms with Gasteiger partial charge in [0.05, 0.1) is 21.9 Å². The number of fused-ring (bicyclic) bond motifs is 1. The first-order chi connectivity index (χ1) is 10.9. The van der Waals surface area contributed by atoms with Crippen molar-refractivity contribution in [1.82, 2.24) is 4.57 Å². The van der Waals surface area contributed by atoms with Gasteiger partial charge >= 0.3 is 5.97 Å².